The van der Waals surface area contributed by atoms with Gasteiger partial charge >= 0.3 is 0 Å². The number of nitrogens with zero attached hydrogens (tertiary/aromatic N) is 1. The zero-order valence-corrected chi connectivity index (χ0v) is 13.1. The fourth-order valence-electron chi connectivity index (χ4n) is 3.51. The third kappa shape index (κ3) is 2.46. The first-order valence-electron chi connectivity index (χ1n) is 7.17. The van der Waals surface area contributed by atoms with Gasteiger partial charge in [-0.25, -0.2) is 8.78 Å². The summed E-state index contributed by atoms with van der Waals surface area (Å²) in [4.78, 5) is 2.08. The third-order valence-corrected chi connectivity index (χ3v) is 5.21. The number of rotatable bonds is 1. The first kappa shape index (κ1) is 14.3. The van der Waals surface area contributed by atoms with Crippen LogP contribution < -0.4 is 10.2 Å². The Hall–Kier alpha value is -0.680. The molecule has 1 unspecified atom stereocenters. The van der Waals surface area contributed by atoms with Crippen molar-refractivity contribution in [1.82, 2.24) is 5.32 Å². The number of hydrogen-bond acceptors (Lipinski definition) is 2. The molecule has 1 aliphatic heterocycles. The van der Waals surface area contributed by atoms with Crippen LogP contribution in [0.5, 0.6) is 0 Å². The Morgan fingerprint density at radius 2 is 2.00 bits per heavy atom. The molecule has 1 saturated carbocycles. The van der Waals surface area contributed by atoms with Crippen molar-refractivity contribution >= 4 is 21.6 Å². The molecule has 0 radical (unpaired) electrons. The number of anilines is 1. The van der Waals surface area contributed by atoms with Crippen molar-refractivity contribution in [3.05, 3.63) is 28.2 Å². The lowest BCUT2D eigenvalue weighted by molar-refractivity contribution is 0.275. The van der Waals surface area contributed by atoms with Crippen molar-refractivity contribution in [3.8, 4) is 0 Å². The molecule has 1 N–H and O–H groups in total. The Kier molecular flexibility index (Phi) is 3.75. The van der Waals surface area contributed by atoms with E-state index in [9.17, 15) is 8.78 Å². The molecule has 1 aromatic carbocycles. The highest BCUT2D eigenvalue weighted by atomic mass is 79.9. The van der Waals surface area contributed by atoms with Crippen LogP contribution in [0.1, 0.15) is 32.6 Å². The molecule has 5 heteroatoms. The van der Waals surface area contributed by atoms with E-state index in [2.05, 4.69) is 33.1 Å². The van der Waals surface area contributed by atoms with Crippen LogP contribution in [-0.4, -0.2) is 24.7 Å². The largest absolute Gasteiger partial charge is 0.362 e. The van der Waals surface area contributed by atoms with Crippen LogP contribution in [0.4, 0.5) is 14.5 Å². The molecule has 3 rings (SSSR count). The summed E-state index contributed by atoms with van der Waals surface area (Å²) in [7, 11) is 0. The minimum atomic E-state index is -0.545. The summed E-state index contributed by atoms with van der Waals surface area (Å²) in [5.41, 5.74) is 0.596. The molecule has 2 aliphatic rings. The van der Waals surface area contributed by atoms with Crippen molar-refractivity contribution < 1.29 is 8.78 Å². The van der Waals surface area contributed by atoms with Gasteiger partial charge in [-0.05, 0) is 41.8 Å². The second kappa shape index (κ2) is 5.26. The van der Waals surface area contributed by atoms with E-state index in [4.69, 9.17) is 0 Å². The number of hydrogen-bond donors (Lipinski definition) is 1. The van der Waals surface area contributed by atoms with Crippen molar-refractivity contribution in [2.75, 3.05) is 18.0 Å². The highest BCUT2D eigenvalue weighted by Gasteiger charge is 2.41. The van der Waals surface area contributed by atoms with Gasteiger partial charge < -0.3 is 10.2 Å². The molecule has 2 fully saturated rings. The SMILES string of the molecule is CC1CNC2(CCCC2)CN1c1c(F)cc(F)cc1Br. The van der Waals surface area contributed by atoms with Crippen LogP contribution in [0.3, 0.4) is 0 Å². The van der Waals surface area contributed by atoms with Gasteiger partial charge in [0, 0.05) is 35.2 Å². The quantitative estimate of drug-likeness (QED) is 0.832. The Balaban J connectivity index is 1.95. The Morgan fingerprint density at radius 1 is 1.30 bits per heavy atom. The summed E-state index contributed by atoms with van der Waals surface area (Å²) in [6.07, 6.45) is 4.72. The minimum Gasteiger partial charge on any atom is -0.362 e. The molecule has 1 saturated heterocycles. The van der Waals surface area contributed by atoms with E-state index in [0.717, 1.165) is 32.0 Å². The zero-order valence-electron chi connectivity index (χ0n) is 11.6. The van der Waals surface area contributed by atoms with E-state index >= 15 is 0 Å². The Labute approximate surface area is 126 Å². The summed E-state index contributed by atoms with van der Waals surface area (Å²) in [5, 5.41) is 3.64. The second-order valence-corrected chi connectivity index (χ2v) is 6.92. The lowest BCUT2D eigenvalue weighted by Crippen LogP contribution is -2.62. The van der Waals surface area contributed by atoms with Crippen LogP contribution >= 0.6 is 15.9 Å². The van der Waals surface area contributed by atoms with E-state index in [1.807, 2.05) is 0 Å². The van der Waals surface area contributed by atoms with E-state index in [0.29, 0.717) is 10.2 Å². The molecule has 20 heavy (non-hydrogen) atoms. The molecule has 1 aromatic rings. The van der Waals surface area contributed by atoms with Crippen molar-refractivity contribution in [1.29, 1.82) is 0 Å². The van der Waals surface area contributed by atoms with Gasteiger partial charge in [0.2, 0.25) is 0 Å². The van der Waals surface area contributed by atoms with E-state index in [1.54, 1.807) is 0 Å². The molecular formula is C15H19BrF2N2. The maximum atomic E-state index is 14.2. The smallest absolute Gasteiger partial charge is 0.150 e. The average molecular weight is 345 g/mol. The van der Waals surface area contributed by atoms with Gasteiger partial charge in [0.15, 0.2) is 5.82 Å². The Morgan fingerprint density at radius 3 is 2.65 bits per heavy atom. The summed E-state index contributed by atoms with van der Waals surface area (Å²) < 4.78 is 28.0. The van der Waals surface area contributed by atoms with Gasteiger partial charge in [-0.1, -0.05) is 12.8 Å². The number of nitrogens with one attached hydrogen (secondary N) is 1. The number of piperazine rings is 1. The predicted molar refractivity (Wildman–Crippen MR) is 80.1 cm³/mol. The highest BCUT2D eigenvalue weighted by molar-refractivity contribution is 9.10. The normalized spacial score (nSPS) is 25.4. The van der Waals surface area contributed by atoms with Crippen LogP contribution in [0, 0.1) is 11.6 Å². The molecule has 0 amide bonds. The maximum Gasteiger partial charge on any atom is 0.150 e. The first-order valence-corrected chi connectivity index (χ1v) is 7.96. The molecule has 1 aliphatic carbocycles. The fourth-order valence-corrected chi connectivity index (χ4v) is 4.14. The van der Waals surface area contributed by atoms with Crippen molar-refractivity contribution in [3.63, 3.8) is 0 Å². The molecule has 110 valence electrons. The van der Waals surface area contributed by atoms with Crippen molar-refractivity contribution in [2.24, 2.45) is 0 Å². The topological polar surface area (TPSA) is 15.3 Å². The molecule has 1 atom stereocenters. The lowest BCUT2D eigenvalue weighted by atomic mass is 9.92. The monoisotopic (exact) mass is 344 g/mol. The third-order valence-electron chi connectivity index (χ3n) is 4.61. The average Bonchev–Trinajstić information content (AvgIpc) is 2.81. The molecule has 1 spiro atoms. The first-order chi connectivity index (χ1) is 9.51. The molecular weight excluding hydrogens is 326 g/mol. The lowest BCUT2D eigenvalue weighted by Gasteiger charge is -2.46. The zero-order chi connectivity index (χ0) is 14.3. The number of halogens is 3. The van der Waals surface area contributed by atoms with Gasteiger partial charge in [0.05, 0.1) is 5.69 Å². The predicted octanol–water partition coefficient (Wildman–Crippen LogP) is 3.84. The van der Waals surface area contributed by atoms with Gasteiger partial charge in [-0.3, -0.25) is 0 Å². The number of benzene rings is 1. The van der Waals surface area contributed by atoms with Gasteiger partial charge in [0.25, 0.3) is 0 Å². The van der Waals surface area contributed by atoms with Crippen molar-refractivity contribution in [2.45, 2.75) is 44.2 Å². The van der Waals surface area contributed by atoms with Gasteiger partial charge in [-0.2, -0.15) is 0 Å². The maximum absolute atomic E-state index is 14.2. The van der Waals surface area contributed by atoms with Crippen LogP contribution in [0.15, 0.2) is 16.6 Å². The van der Waals surface area contributed by atoms with Crippen LogP contribution in [-0.2, 0) is 0 Å². The Bertz CT molecular complexity index is 492. The van der Waals surface area contributed by atoms with Gasteiger partial charge in [0.1, 0.15) is 5.82 Å². The molecule has 0 aromatic heterocycles. The molecule has 2 nitrogen and oxygen atoms in total. The highest BCUT2D eigenvalue weighted by Crippen LogP contribution is 2.38. The van der Waals surface area contributed by atoms with E-state index < -0.39 is 11.6 Å². The van der Waals surface area contributed by atoms with E-state index in [-0.39, 0.29) is 11.6 Å². The summed E-state index contributed by atoms with van der Waals surface area (Å²) in [6.45, 7) is 3.70. The van der Waals surface area contributed by atoms with E-state index in [1.165, 1.54) is 18.9 Å². The summed E-state index contributed by atoms with van der Waals surface area (Å²) in [5.74, 6) is -1.03. The fraction of sp³-hybridized carbons (Fsp3) is 0.600. The summed E-state index contributed by atoms with van der Waals surface area (Å²) in [6, 6.07) is 2.50. The molecule has 1 heterocycles. The minimum absolute atomic E-state index is 0.104. The standard InChI is InChI=1S/C15H19BrF2N2/c1-10-8-19-15(4-2-3-5-15)9-20(10)14-12(16)6-11(17)7-13(14)18/h6-7,10,19H,2-5,8-9H2,1H3. The second-order valence-electron chi connectivity index (χ2n) is 6.06. The van der Waals surface area contributed by atoms with Gasteiger partial charge in [-0.15, -0.1) is 0 Å². The van der Waals surface area contributed by atoms with Crippen LogP contribution in [0.25, 0.3) is 0 Å². The summed E-state index contributed by atoms with van der Waals surface area (Å²) >= 11 is 3.32. The van der Waals surface area contributed by atoms with Crippen LogP contribution in [0.2, 0.25) is 0 Å². The molecule has 0 bridgehead atoms.